The van der Waals surface area contributed by atoms with Crippen LogP contribution in [0.25, 0.3) is 10.9 Å². The predicted molar refractivity (Wildman–Crippen MR) is 126 cm³/mol. The number of benzene rings is 2. The van der Waals surface area contributed by atoms with Gasteiger partial charge in [0.25, 0.3) is 12.9 Å². The molecule has 6 heteroatoms. The van der Waals surface area contributed by atoms with Crippen LogP contribution in [0.2, 0.25) is 0 Å². The average molecular weight is 432 g/mol. The van der Waals surface area contributed by atoms with Gasteiger partial charge in [-0.05, 0) is 54.8 Å². The summed E-state index contributed by atoms with van der Waals surface area (Å²) >= 11 is 0. The van der Waals surface area contributed by atoms with Gasteiger partial charge < -0.3 is 9.46 Å². The van der Waals surface area contributed by atoms with Crippen molar-refractivity contribution in [3.05, 3.63) is 100 Å². The van der Waals surface area contributed by atoms with E-state index in [0.29, 0.717) is 17.2 Å². The summed E-state index contributed by atoms with van der Waals surface area (Å²) in [5.41, 5.74) is 3.63. The first-order valence-electron chi connectivity index (χ1n) is 10.4. The SMILES string of the molecule is CCc1cc2c(ccc(=O)n2Cc2ccc(P(=O)(O)c3ccccc3)cc2)c(CC)n1. The van der Waals surface area contributed by atoms with Gasteiger partial charge in [-0.3, -0.25) is 14.3 Å². The first-order chi connectivity index (χ1) is 14.9. The Labute approximate surface area is 181 Å². The fourth-order valence-electron chi connectivity index (χ4n) is 3.80. The van der Waals surface area contributed by atoms with Gasteiger partial charge in [0.1, 0.15) is 0 Å². The summed E-state index contributed by atoms with van der Waals surface area (Å²) in [4.78, 5) is 28.0. The third-order valence-corrected chi connectivity index (χ3v) is 7.54. The van der Waals surface area contributed by atoms with Gasteiger partial charge in [-0.1, -0.05) is 44.2 Å². The minimum atomic E-state index is -3.65. The highest BCUT2D eigenvalue weighted by Gasteiger charge is 2.23. The average Bonchev–Trinajstić information content (AvgIpc) is 2.81. The minimum Gasteiger partial charge on any atom is -0.338 e. The van der Waals surface area contributed by atoms with E-state index in [0.717, 1.165) is 40.7 Å². The second kappa shape index (κ2) is 8.62. The Kier molecular flexibility index (Phi) is 5.90. The van der Waals surface area contributed by atoms with E-state index in [9.17, 15) is 14.3 Å². The van der Waals surface area contributed by atoms with E-state index in [1.165, 1.54) is 0 Å². The van der Waals surface area contributed by atoms with Crippen LogP contribution in [-0.4, -0.2) is 14.4 Å². The molecule has 0 saturated carbocycles. The molecule has 0 saturated heterocycles. The quantitative estimate of drug-likeness (QED) is 0.471. The van der Waals surface area contributed by atoms with Crippen molar-refractivity contribution in [1.82, 2.24) is 9.55 Å². The molecular weight excluding hydrogens is 407 g/mol. The summed E-state index contributed by atoms with van der Waals surface area (Å²) in [7, 11) is -3.65. The van der Waals surface area contributed by atoms with Crippen molar-refractivity contribution >= 4 is 28.9 Å². The number of nitrogens with zero attached hydrogens (tertiary/aromatic N) is 2. The Morgan fingerprint density at radius 3 is 2.23 bits per heavy atom. The molecule has 4 aromatic rings. The Morgan fingerprint density at radius 1 is 0.903 bits per heavy atom. The van der Waals surface area contributed by atoms with Gasteiger partial charge in [0.15, 0.2) is 0 Å². The van der Waals surface area contributed by atoms with Crippen molar-refractivity contribution in [1.29, 1.82) is 0 Å². The van der Waals surface area contributed by atoms with E-state index >= 15 is 0 Å². The zero-order valence-electron chi connectivity index (χ0n) is 17.7. The molecule has 31 heavy (non-hydrogen) atoms. The lowest BCUT2D eigenvalue weighted by molar-refractivity contribution is 0.501. The molecule has 0 fully saturated rings. The highest BCUT2D eigenvalue weighted by atomic mass is 31.2. The normalized spacial score (nSPS) is 13.3. The molecule has 2 aromatic carbocycles. The first kappa shape index (κ1) is 21.2. The molecule has 0 bridgehead atoms. The summed E-state index contributed by atoms with van der Waals surface area (Å²) in [6.45, 7) is 4.50. The van der Waals surface area contributed by atoms with Gasteiger partial charge >= 0.3 is 0 Å². The summed E-state index contributed by atoms with van der Waals surface area (Å²) < 4.78 is 14.7. The van der Waals surface area contributed by atoms with Gasteiger partial charge in [-0.2, -0.15) is 0 Å². The molecule has 0 amide bonds. The van der Waals surface area contributed by atoms with E-state index in [-0.39, 0.29) is 5.56 Å². The molecule has 0 spiro atoms. The highest BCUT2D eigenvalue weighted by Crippen LogP contribution is 2.37. The number of hydrogen-bond acceptors (Lipinski definition) is 3. The lowest BCUT2D eigenvalue weighted by atomic mass is 10.1. The standard InChI is InChI=1S/C25H25N2O3P/c1-3-19-16-24-22(23(4-2)26-19)14-15-25(28)27(24)17-18-10-12-21(13-11-18)31(29,30)20-8-6-5-7-9-20/h5-16H,3-4,17H2,1-2H3,(H,29,30). The van der Waals surface area contributed by atoms with E-state index < -0.39 is 7.37 Å². The summed E-state index contributed by atoms with van der Waals surface area (Å²) in [5, 5.41) is 1.76. The lowest BCUT2D eigenvalue weighted by Gasteiger charge is -2.15. The van der Waals surface area contributed by atoms with Crippen molar-refractivity contribution in [2.75, 3.05) is 0 Å². The predicted octanol–water partition coefficient (Wildman–Crippen LogP) is 3.79. The number of aryl methyl sites for hydroxylation is 2. The molecule has 1 atom stereocenters. The van der Waals surface area contributed by atoms with Gasteiger partial charge in [0, 0.05) is 33.4 Å². The Bertz CT molecular complexity index is 1330. The topological polar surface area (TPSA) is 72.2 Å². The van der Waals surface area contributed by atoms with Crippen molar-refractivity contribution < 1.29 is 9.46 Å². The zero-order valence-corrected chi connectivity index (χ0v) is 18.5. The molecule has 0 radical (unpaired) electrons. The number of pyridine rings is 2. The fourth-order valence-corrected chi connectivity index (χ4v) is 5.22. The number of fused-ring (bicyclic) bond motifs is 1. The molecule has 0 aliphatic carbocycles. The minimum absolute atomic E-state index is 0.0796. The van der Waals surface area contributed by atoms with Crippen molar-refractivity contribution in [3.63, 3.8) is 0 Å². The smallest absolute Gasteiger partial charge is 0.258 e. The number of hydrogen-bond donors (Lipinski definition) is 1. The van der Waals surface area contributed by atoms with E-state index in [1.54, 1.807) is 47.0 Å². The fraction of sp³-hybridized carbons (Fsp3) is 0.200. The van der Waals surface area contributed by atoms with Crippen LogP contribution in [0.5, 0.6) is 0 Å². The van der Waals surface area contributed by atoms with Crippen LogP contribution in [0.4, 0.5) is 0 Å². The van der Waals surface area contributed by atoms with Crippen LogP contribution in [0, 0.1) is 0 Å². The second-order valence-corrected chi connectivity index (χ2v) is 9.72. The summed E-state index contributed by atoms with van der Waals surface area (Å²) in [5.74, 6) is 0. The van der Waals surface area contributed by atoms with Crippen LogP contribution in [0.15, 0.2) is 77.6 Å². The summed E-state index contributed by atoms with van der Waals surface area (Å²) in [6, 6.07) is 21.1. The Hall–Kier alpha value is -3.01. The van der Waals surface area contributed by atoms with Gasteiger partial charge in [0.2, 0.25) is 0 Å². The molecule has 0 aliphatic rings. The van der Waals surface area contributed by atoms with E-state index in [2.05, 4.69) is 13.8 Å². The Balaban J connectivity index is 1.72. The maximum absolute atomic E-state index is 13.0. The zero-order chi connectivity index (χ0) is 22.0. The van der Waals surface area contributed by atoms with Crippen LogP contribution in [0.3, 0.4) is 0 Å². The molecule has 0 aliphatic heterocycles. The van der Waals surface area contributed by atoms with Crippen LogP contribution < -0.4 is 16.2 Å². The molecule has 1 N–H and O–H groups in total. The van der Waals surface area contributed by atoms with Gasteiger partial charge in [0.05, 0.1) is 12.1 Å². The third-order valence-electron chi connectivity index (χ3n) is 5.55. The van der Waals surface area contributed by atoms with Crippen molar-refractivity contribution in [2.24, 2.45) is 0 Å². The second-order valence-electron chi connectivity index (χ2n) is 7.54. The third kappa shape index (κ3) is 4.12. The molecule has 158 valence electrons. The molecule has 5 nitrogen and oxygen atoms in total. The van der Waals surface area contributed by atoms with Crippen LogP contribution in [0.1, 0.15) is 30.8 Å². The maximum atomic E-state index is 13.0. The molecule has 4 rings (SSSR count). The number of rotatable bonds is 6. The monoisotopic (exact) mass is 432 g/mol. The van der Waals surface area contributed by atoms with E-state index in [4.69, 9.17) is 4.98 Å². The van der Waals surface area contributed by atoms with Crippen LogP contribution >= 0.6 is 7.37 Å². The van der Waals surface area contributed by atoms with Gasteiger partial charge in [-0.15, -0.1) is 0 Å². The first-order valence-corrected chi connectivity index (χ1v) is 12.1. The number of aromatic nitrogens is 2. The molecule has 2 aromatic heterocycles. The molecule has 2 heterocycles. The lowest BCUT2D eigenvalue weighted by Crippen LogP contribution is -2.21. The largest absolute Gasteiger partial charge is 0.338 e. The van der Waals surface area contributed by atoms with Crippen LogP contribution in [-0.2, 0) is 24.0 Å². The summed E-state index contributed by atoms with van der Waals surface area (Å²) in [6.07, 6.45) is 1.59. The van der Waals surface area contributed by atoms with Crippen molar-refractivity contribution in [2.45, 2.75) is 33.2 Å². The maximum Gasteiger partial charge on any atom is 0.258 e. The molecule has 1 unspecified atom stereocenters. The van der Waals surface area contributed by atoms with Crippen molar-refractivity contribution in [3.8, 4) is 0 Å². The molecular formula is C25H25N2O3P. The van der Waals surface area contributed by atoms with E-state index in [1.807, 2.05) is 30.3 Å². The Morgan fingerprint density at radius 2 is 1.58 bits per heavy atom. The highest BCUT2D eigenvalue weighted by molar-refractivity contribution is 7.73. The van der Waals surface area contributed by atoms with Gasteiger partial charge in [-0.25, -0.2) is 0 Å².